The first-order valence-corrected chi connectivity index (χ1v) is 9.84. The Kier molecular flexibility index (Phi) is 5.62. The second-order valence-corrected chi connectivity index (χ2v) is 7.21. The highest BCUT2D eigenvalue weighted by molar-refractivity contribution is 5.90. The summed E-state index contributed by atoms with van der Waals surface area (Å²) in [5.74, 6) is 2.86. The van der Waals surface area contributed by atoms with Crippen molar-refractivity contribution in [3.05, 3.63) is 36.0 Å². The number of nitrogens with one attached hydrogen (secondary N) is 2. The lowest BCUT2D eigenvalue weighted by atomic mass is 10.1. The Labute approximate surface area is 165 Å². The number of aromatic nitrogens is 3. The summed E-state index contributed by atoms with van der Waals surface area (Å²) in [5.41, 5.74) is 0.989. The van der Waals surface area contributed by atoms with Crippen LogP contribution in [-0.4, -0.2) is 53.4 Å². The third-order valence-electron chi connectivity index (χ3n) is 5.06. The fourth-order valence-corrected chi connectivity index (χ4v) is 3.57. The van der Waals surface area contributed by atoms with Crippen LogP contribution in [0.3, 0.4) is 0 Å². The quantitative estimate of drug-likeness (QED) is 0.647. The van der Waals surface area contributed by atoms with E-state index in [9.17, 15) is 0 Å². The molecule has 7 heteroatoms. The van der Waals surface area contributed by atoms with Crippen LogP contribution in [0.5, 0.6) is 11.6 Å². The molecule has 0 unspecified atom stereocenters. The number of hydrogen-bond acceptors (Lipinski definition) is 6. The number of rotatable bonds is 7. The highest BCUT2D eigenvalue weighted by Crippen LogP contribution is 2.30. The Morgan fingerprint density at radius 1 is 1.11 bits per heavy atom. The Bertz CT molecular complexity index is 934. The number of anilines is 2. The standard InChI is InChI=1S/C21H27N5O2/c1-15-12-20(25-24-15)22-19-14-16-13-17(27-2)6-7-18(16)21(23-19)28-11-10-26-8-4-3-5-9-26/h6-7,12-14H,3-5,8-11H2,1-2H3,(H2,22,23,24,25). The van der Waals surface area contributed by atoms with E-state index in [-0.39, 0.29) is 0 Å². The molecule has 1 fully saturated rings. The van der Waals surface area contributed by atoms with E-state index in [0.717, 1.165) is 47.7 Å². The van der Waals surface area contributed by atoms with Gasteiger partial charge in [-0.2, -0.15) is 10.1 Å². The maximum absolute atomic E-state index is 6.12. The summed E-state index contributed by atoms with van der Waals surface area (Å²) in [6, 6.07) is 9.86. The van der Waals surface area contributed by atoms with E-state index in [1.54, 1.807) is 7.11 Å². The van der Waals surface area contributed by atoms with Gasteiger partial charge >= 0.3 is 0 Å². The molecule has 0 radical (unpaired) electrons. The van der Waals surface area contributed by atoms with Crippen molar-refractivity contribution < 1.29 is 9.47 Å². The van der Waals surface area contributed by atoms with Gasteiger partial charge in [0.15, 0.2) is 5.82 Å². The monoisotopic (exact) mass is 381 g/mol. The van der Waals surface area contributed by atoms with Gasteiger partial charge in [-0.05, 0) is 62.5 Å². The lowest BCUT2D eigenvalue weighted by Gasteiger charge is -2.26. The minimum atomic E-state index is 0.624. The zero-order valence-corrected chi connectivity index (χ0v) is 16.5. The molecule has 0 amide bonds. The van der Waals surface area contributed by atoms with E-state index < -0.39 is 0 Å². The van der Waals surface area contributed by atoms with Gasteiger partial charge in [-0.15, -0.1) is 0 Å². The number of benzene rings is 1. The van der Waals surface area contributed by atoms with Gasteiger partial charge in [0.25, 0.3) is 0 Å². The van der Waals surface area contributed by atoms with Crippen molar-refractivity contribution in [1.82, 2.24) is 20.1 Å². The summed E-state index contributed by atoms with van der Waals surface area (Å²) in [6.45, 7) is 5.84. The lowest BCUT2D eigenvalue weighted by molar-refractivity contribution is 0.181. The minimum Gasteiger partial charge on any atom is -0.497 e. The Balaban J connectivity index is 1.56. The molecule has 7 nitrogen and oxygen atoms in total. The van der Waals surface area contributed by atoms with Gasteiger partial charge in [-0.1, -0.05) is 6.42 Å². The van der Waals surface area contributed by atoms with E-state index in [4.69, 9.17) is 14.5 Å². The Hall–Kier alpha value is -2.80. The first-order chi connectivity index (χ1) is 13.7. The summed E-state index contributed by atoms with van der Waals surface area (Å²) in [7, 11) is 1.67. The molecule has 4 rings (SSSR count). The summed E-state index contributed by atoms with van der Waals surface area (Å²) in [4.78, 5) is 7.16. The van der Waals surface area contributed by atoms with Crippen molar-refractivity contribution in [2.24, 2.45) is 0 Å². The highest BCUT2D eigenvalue weighted by Gasteiger charge is 2.13. The van der Waals surface area contributed by atoms with Crippen molar-refractivity contribution in [1.29, 1.82) is 0 Å². The van der Waals surface area contributed by atoms with Gasteiger partial charge in [0.05, 0.1) is 7.11 Å². The Morgan fingerprint density at radius 2 is 1.96 bits per heavy atom. The number of H-pyrrole nitrogens is 1. The molecule has 0 spiro atoms. The topological polar surface area (TPSA) is 75.3 Å². The molecule has 0 saturated carbocycles. The number of nitrogens with zero attached hydrogens (tertiary/aromatic N) is 3. The number of hydrogen-bond donors (Lipinski definition) is 2. The molecule has 3 heterocycles. The molecule has 2 N–H and O–H groups in total. The van der Waals surface area contributed by atoms with Gasteiger partial charge in [-0.25, -0.2) is 0 Å². The van der Waals surface area contributed by atoms with Gasteiger partial charge < -0.3 is 14.8 Å². The van der Waals surface area contributed by atoms with Crippen LogP contribution >= 0.6 is 0 Å². The van der Waals surface area contributed by atoms with E-state index in [1.165, 1.54) is 19.3 Å². The normalized spacial score (nSPS) is 14.9. The largest absolute Gasteiger partial charge is 0.497 e. The van der Waals surface area contributed by atoms with E-state index in [1.807, 2.05) is 37.3 Å². The van der Waals surface area contributed by atoms with E-state index in [2.05, 4.69) is 20.4 Å². The number of ether oxygens (including phenoxy) is 2. The predicted molar refractivity (Wildman–Crippen MR) is 111 cm³/mol. The van der Waals surface area contributed by atoms with Crippen molar-refractivity contribution in [3.8, 4) is 11.6 Å². The minimum absolute atomic E-state index is 0.624. The smallest absolute Gasteiger partial charge is 0.223 e. The van der Waals surface area contributed by atoms with Crippen molar-refractivity contribution in [3.63, 3.8) is 0 Å². The van der Waals surface area contributed by atoms with Crippen molar-refractivity contribution in [2.75, 3.05) is 38.7 Å². The van der Waals surface area contributed by atoms with Crippen LogP contribution in [-0.2, 0) is 0 Å². The number of piperidine rings is 1. The maximum Gasteiger partial charge on any atom is 0.223 e. The number of likely N-dealkylation sites (tertiary alicyclic amines) is 1. The predicted octanol–water partition coefficient (Wildman–Crippen LogP) is 3.88. The molecule has 2 aromatic heterocycles. The third-order valence-corrected chi connectivity index (χ3v) is 5.06. The molecule has 1 aliphatic heterocycles. The molecule has 1 aromatic carbocycles. The van der Waals surface area contributed by atoms with Crippen LogP contribution in [0.1, 0.15) is 25.0 Å². The Morgan fingerprint density at radius 3 is 2.71 bits per heavy atom. The number of methoxy groups -OCH3 is 1. The summed E-state index contributed by atoms with van der Waals surface area (Å²) in [5, 5.41) is 12.4. The van der Waals surface area contributed by atoms with Crippen LogP contribution < -0.4 is 14.8 Å². The number of aromatic amines is 1. The van der Waals surface area contributed by atoms with Gasteiger partial charge in [0, 0.05) is 23.7 Å². The molecule has 0 aliphatic carbocycles. The van der Waals surface area contributed by atoms with Crippen molar-refractivity contribution >= 4 is 22.4 Å². The maximum atomic E-state index is 6.12. The molecule has 28 heavy (non-hydrogen) atoms. The number of aryl methyl sites for hydroxylation is 1. The zero-order chi connectivity index (χ0) is 19.3. The molecular formula is C21H27N5O2. The molecular weight excluding hydrogens is 354 g/mol. The van der Waals surface area contributed by atoms with Gasteiger partial charge in [0.1, 0.15) is 18.2 Å². The first-order valence-electron chi connectivity index (χ1n) is 9.84. The van der Waals surface area contributed by atoms with E-state index in [0.29, 0.717) is 18.3 Å². The fraction of sp³-hybridized carbons (Fsp3) is 0.429. The molecule has 3 aromatic rings. The average molecular weight is 381 g/mol. The summed E-state index contributed by atoms with van der Waals surface area (Å²) < 4.78 is 11.5. The van der Waals surface area contributed by atoms with Gasteiger partial charge in [-0.3, -0.25) is 10.00 Å². The third kappa shape index (κ3) is 4.36. The SMILES string of the molecule is COc1ccc2c(OCCN3CCCCC3)nc(Nc3cc(C)[nH]n3)cc2c1. The second-order valence-electron chi connectivity index (χ2n) is 7.21. The fourth-order valence-electron chi connectivity index (χ4n) is 3.57. The average Bonchev–Trinajstić information content (AvgIpc) is 3.12. The number of fused-ring (bicyclic) bond motifs is 1. The zero-order valence-electron chi connectivity index (χ0n) is 16.5. The van der Waals surface area contributed by atoms with Crippen LogP contribution in [0.4, 0.5) is 11.6 Å². The second kappa shape index (κ2) is 8.48. The molecule has 148 valence electrons. The molecule has 0 bridgehead atoms. The van der Waals surface area contributed by atoms with Crippen LogP contribution in [0.25, 0.3) is 10.8 Å². The summed E-state index contributed by atoms with van der Waals surface area (Å²) >= 11 is 0. The highest BCUT2D eigenvalue weighted by atomic mass is 16.5. The van der Waals surface area contributed by atoms with Crippen molar-refractivity contribution in [2.45, 2.75) is 26.2 Å². The molecule has 1 aliphatic rings. The van der Waals surface area contributed by atoms with Gasteiger partial charge in [0.2, 0.25) is 5.88 Å². The van der Waals surface area contributed by atoms with Crippen LogP contribution in [0.2, 0.25) is 0 Å². The molecule has 0 atom stereocenters. The van der Waals surface area contributed by atoms with E-state index >= 15 is 0 Å². The van der Waals surface area contributed by atoms with Crippen LogP contribution in [0.15, 0.2) is 30.3 Å². The van der Waals surface area contributed by atoms with Crippen LogP contribution in [0, 0.1) is 6.92 Å². The lowest BCUT2D eigenvalue weighted by Crippen LogP contribution is -2.33. The first kappa shape index (κ1) is 18.6. The molecule has 1 saturated heterocycles. The summed E-state index contributed by atoms with van der Waals surface area (Å²) in [6.07, 6.45) is 3.90. The number of pyridine rings is 1.